The van der Waals surface area contributed by atoms with Gasteiger partial charge in [-0.1, -0.05) is 86.2 Å². The fourth-order valence-electron chi connectivity index (χ4n) is 6.22. The first-order valence-electron chi connectivity index (χ1n) is 15.2. The standard InChI is InChI=1S/C36H35ClN4O4/c1-44-32-19-29(37)33(45-2)18-28(32)34-27(16-23-8-4-3-5-9-23)20-38-36(39-34)40-35(43)31-17-26-10-6-7-11-30(26)41(31)21-24-12-14-25(22-42)15-13-24/h6-7,10-15,17-20,22-23H,3-5,8-9,16,21H2,1-2H3,(H,38,39,40,43). The molecule has 8 nitrogen and oxygen atoms in total. The van der Waals surface area contributed by atoms with Crippen molar-refractivity contribution in [2.75, 3.05) is 19.5 Å². The summed E-state index contributed by atoms with van der Waals surface area (Å²) in [6, 6.07) is 20.6. The SMILES string of the molecule is COc1cc(-c2nc(NC(=O)c3cc4ccccc4n3Cc3ccc(C=O)cc3)ncc2CC2CCCCC2)c(OC)cc1Cl. The van der Waals surface area contributed by atoms with E-state index in [1.54, 1.807) is 32.4 Å². The second-order valence-electron chi connectivity index (χ2n) is 11.5. The average molecular weight is 623 g/mol. The van der Waals surface area contributed by atoms with E-state index in [1.165, 1.54) is 32.1 Å². The third-order valence-electron chi connectivity index (χ3n) is 8.55. The number of para-hydroxylation sites is 1. The van der Waals surface area contributed by atoms with Gasteiger partial charge in [-0.2, -0.15) is 0 Å². The Bertz CT molecular complexity index is 1840. The van der Waals surface area contributed by atoms with Crippen LogP contribution in [0.15, 0.2) is 72.9 Å². The van der Waals surface area contributed by atoms with Crippen molar-refractivity contribution in [3.63, 3.8) is 0 Å². The number of nitrogens with one attached hydrogen (secondary N) is 1. The Morgan fingerprint density at radius 2 is 1.76 bits per heavy atom. The van der Waals surface area contributed by atoms with E-state index in [2.05, 4.69) is 10.3 Å². The molecule has 0 unspecified atom stereocenters. The summed E-state index contributed by atoms with van der Waals surface area (Å²) in [6.07, 6.45) is 9.52. The highest BCUT2D eigenvalue weighted by Crippen LogP contribution is 2.40. The Morgan fingerprint density at radius 1 is 1.00 bits per heavy atom. The van der Waals surface area contributed by atoms with Gasteiger partial charge in [-0.15, -0.1) is 0 Å². The molecule has 2 heterocycles. The quantitative estimate of drug-likeness (QED) is 0.159. The lowest BCUT2D eigenvalue weighted by molar-refractivity contribution is 0.101. The first-order chi connectivity index (χ1) is 22.0. The average Bonchev–Trinajstić information content (AvgIpc) is 3.44. The number of hydrogen-bond donors (Lipinski definition) is 1. The smallest absolute Gasteiger partial charge is 0.274 e. The van der Waals surface area contributed by atoms with Gasteiger partial charge in [-0.05, 0) is 41.7 Å². The summed E-state index contributed by atoms with van der Waals surface area (Å²) >= 11 is 6.44. The number of hydrogen-bond acceptors (Lipinski definition) is 6. The Kier molecular flexibility index (Phi) is 9.12. The van der Waals surface area contributed by atoms with Crippen molar-refractivity contribution in [2.24, 2.45) is 5.92 Å². The molecule has 1 N–H and O–H groups in total. The molecule has 1 saturated carbocycles. The maximum Gasteiger partial charge on any atom is 0.274 e. The van der Waals surface area contributed by atoms with Crippen molar-refractivity contribution < 1.29 is 19.1 Å². The molecule has 0 spiro atoms. The van der Waals surface area contributed by atoms with E-state index in [1.807, 2.05) is 59.3 Å². The van der Waals surface area contributed by atoms with Gasteiger partial charge in [-0.25, -0.2) is 9.97 Å². The number of methoxy groups -OCH3 is 2. The molecule has 0 bridgehead atoms. The highest BCUT2D eigenvalue weighted by Gasteiger charge is 2.23. The van der Waals surface area contributed by atoms with Crippen molar-refractivity contribution in [1.82, 2.24) is 14.5 Å². The molecule has 3 aromatic carbocycles. The van der Waals surface area contributed by atoms with E-state index in [0.29, 0.717) is 45.9 Å². The number of ether oxygens (including phenoxy) is 2. The number of halogens is 1. The zero-order valence-corrected chi connectivity index (χ0v) is 26.1. The van der Waals surface area contributed by atoms with E-state index in [0.717, 1.165) is 40.3 Å². The maximum atomic E-state index is 13.9. The molecule has 6 rings (SSSR count). The number of carbonyl (C=O) groups excluding carboxylic acids is 2. The van der Waals surface area contributed by atoms with Gasteiger partial charge in [0.05, 0.1) is 24.9 Å². The highest BCUT2D eigenvalue weighted by atomic mass is 35.5. The molecule has 2 aromatic heterocycles. The predicted molar refractivity (Wildman–Crippen MR) is 177 cm³/mol. The summed E-state index contributed by atoms with van der Waals surface area (Å²) in [6.45, 7) is 0.448. The summed E-state index contributed by atoms with van der Waals surface area (Å²) in [7, 11) is 3.17. The number of carbonyl (C=O) groups is 2. The normalized spacial score (nSPS) is 13.5. The summed E-state index contributed by atoms with van der Waals surface area (Å²) in [5.74, 6) is 1.46. The van der Waals surface area contributed by atoms with Crippen LogP contribution in [0.2, 0.25) is 5.02 Å². The number of fused-ring (bicyclic) bond motifs is 1. The molecule has 1 aliphatic rings. The van der Waals surface area contributed by atoms with E-state index < -0.39 is 0 Å². The lowest BCUT2D eigenvalue weighted by Gasteiger charge is -2.23. The molecule has 1 amide bonds. The van der Waals surface area contributed by atoms with Crippen LogP contribution in [0, 0.1) is 5.92 Å². The zero-order chi connectivity index (χ0) is 31.3. The number of rotatable bonds is 10. The zero-order valence-electron chi connectivity index (χ0n) is 25.4. The molecule has 1 aliphatic carbocycles. The minimum Gasteiger partial charge on any atom is -0.496 e. The van der Waals surface area contributed by atoms with Gasteiger partial charge in [0.15, 0.2) is 0 Å². The van der Waals surface area contributed by atoms with Crippen molar-refractivity contribution in [1.29, 1.82) is 0 Å². The lowest BCUT2D eigenvalue weighted by atomic mass is 9.84. The predicted octanol–water partition coefficient (Wildman–Crippen LogP) is 8.00. The Balaban J connectivity index is 1.37. The molecule has 0 aliphatic heterocycles. The van der Waals surface area contributed by atoms with Crippen molar-refractivity contribution >= 4 is 40.6 Å². The van der Waals surface area contributed by atoms with Crippen LogP contribution in [-0.4, -0.2) is 40.9 Å². The molecule has 1 fully saturated rings. The van der Waals surface area contributed by atoms with Crippen LogP contribution in [0.3, 0.4) is 0 Å². The van der Waals surface area contributed by atoms with Gasteiger partial charge in [0, 0.05) is 40.8 Å². The van der Waals surface area contributed by atoms with Crippen LogP contribution in [0.1, 0.15) is 64.1 Å². The van der Waals surface area contributed by atoms with Gasteiger partial charge < -0.3 is 14.0 Å². The van der Waals surface area contributed by atoms with Crippen LogP contribution in [0.5, 0.6) is 11.5 Å². The van der Waals surface area contributed by atoms with Gasteiger partial charge in [0.2, 0.25) is 5.95 Å². The van der Waals surface area contributed by atoms with Crippen LogP contribution in [0.25, 0.3) is 22.2 Å². The minimum absolute atomic E-state index is 0.186. The molecule has 230 valence electrons. The molecule has 9 heteroatoms. The van der Waals surface area contributed by atoms with Gasteiger partial charge in [-0.3, -0.25) is 14.9 Å². The molecule has 0 atom stereocenters. The Morgan fingerprint density at radius 3 is 2.49 bits per heavy atom. The number of benzene rings is 3. The lowest BCUT2D eigenvalue weighted by Crippen LogP contribution is -2.19. The van der Waals surface area contributed by atoms with Crippen LogP contribution in [-0.2, 0) is 13.0 Å². The molecule has 45 heavy (non-hydrogen) atoms. The first kappa shape index (κ1) is 30.3. The topological polar surface area (TPSA) is 95.3 Å². The number of nitrogens with zero attached hydrogens (tertiary/aromatic N) is 3. The van der Waals surface area contributed by atoms with Crippen molar-refractivity contribution in [3.8, 4) is 22.8 Å². The van der Waals surface area contributed by atoms with Gasteiger partial charge in [0.25, 0.3) is 5.91 Å². The Hall–Kier alpha value is -4.69. The number of amides is 1. The molecule has 5 aromatic rings. The molecular weight excluding hydrogens is 588 g/mol. The van der Waals surface area contributed by atoms with E-state index >= 15 is 0 Å². The maximum absolute atomic E-state index is 13.9. The Labute approximate surface area is 267 Å². The third-order valence-corrected chi connectivity index (χ3v) is 8.85. The molecular formula is C36H35ClN4O4. The number of anilines is 1. The first-order valence-corrected chi connectivity index (χ1v) is 15.6. The largest absolute Gasteiger partial charge is 0.496 e. The van der Waals surface area contributed by atoms with Crippen LogP contribution in [0.4, 0.5) is 5.95 Å². The van der Waals surface area contributed by atoms with E-state index in [-0.39, 0.29) is 11.9 Å². The van der Waals surface area contributed by atoms with Crippen LogP contribution >= 0.6 is 11.6 Å². The summed E-state index contributed by atoms with van der Waals surface area (Å²) in [5, 5.41) is 4.33. The number of aldehydes is 1. The van der Waals surface area contributed by atoms with E-state index in [4.69, 9.17) is 26.1 Å². The fraction of sp³-hybridized carbons (Fsp3) is 0.278. The van der Waals surface area contributed by atoms with E-state index in [9.17, 15) is 9.59 Å². The fourth-order valence-corrected chi connectivity index (χ4v) is 6.45. The minimum atomic E-state index is -0.331. The molecule has 0 radical (unpaired) electrons. The number of aromatic nitrogens is 3. The third kappa shape index (κ3) is 6.56. The summed E-state index contributed by atoms with van der Waals surface area (Å²) in [4.78, 5) is 34.6. The second-order valence-corrected chi connectivity index (χ2v) is 11.9. The van der Waals surface area contributed by atoms with Crippen LogP contribution < -0.4 is 14.8 Å². The summed E-state index contributed by atoms with van der Waals surface area (Å²) in [5.41, 5.74) is 5.33. The van der Waals surface area contributed by atoms with Gasteiger partial charge in [0.1, 0.15) is 23.5 Å². The van der Waals surface area contributed by atoms with Gasteiger partial charge >= 0.3 is 0 Å². The monoisotopic (exact) mass is 622 g/mol. The second kappa shape index (κ2) is 13.5. The van der Waals surface area contributed by atoms with Crippen molar-refractivity contribution in [2.45, 2.75) is 45.1 Å². The van der Waals surface area contributed by atoms with Crippen molar-refractivity contribution in [3.05, 3.63) is 100 Å². The summed E-state index contributed by atoms with van der Waals surface area (Å²) < 4.78 is 13.2. The highest BCUT2D eigenvalue weighted by molar-refractivity contribution is 6.32. The molecule has 0 saturated heterocycles.